The van der Waals surface area contributed by atoms with E-state index in [1.165, 1.54) is 30.7 Å². The summed E-state index contributed by atoms with van der Waals surface area (Å²) in [7, 11) is -2.39. The molecule has 0 saturated carbocycles. The number of nitrogens with one attached hydrogen (secondary N) is 1. The smallest absolute Gasteiger partial charge is 0.246 e. The summed E-state index contributed by atoms with van der Waals surface area (Å²) in [5.41, 5.74) is 2.09. The van der Waals surface area contributed by atoms with Gasteiger partial charge in [0.1, 0.15) is 16.3 Å². The quantitative estimate of drug-likeness (QED) is 0.668. The van der Waals surface area contributed by atoms with Crippen LogP contribution in [0, 0.1) is 6.92 Å². The number of phenols is 1. The standard InChI is InChI=1S/C21H23N3O4S/c1-14-10-11-16(12-18(14)25)29(27,28)21(2,3)20(26)22-19-13-17(23-24(19)4)15-8-6-5-7-9-15/h5-13,25H,1-4H3,(H,22,26). The number of aryl methyl sites for hydroxylation is 2. The summed E-state index contributed by atoms with van der Waals surface area (Å²) in [6.45, 7) is 4.34. The highest BCUT2D eigenvalue weighted by Gasteiger charge is 2.43. The number of rotatable bonds is 5. The van der Waals surface area contributed by atoms with Gasteiger partial charge in [-0.15, -0.1) is 0 Å². The molecule has 0 aliphatic rings. The fourth-order valence-corrected chi connectivity index (χ4v) is 4.17. The van der Waals surface area contributed by atoms with Gasteiger partial charge in [0.05, 0.1) is 10.6 Å². The number of hydrogen-bond donors (Lipinski definition) is 2. The van der Waals surface area contributed by atoms with E-state index in [1.807, 2.05) is 30.3 Å². The molecule has 1 heterocycles. The second-order valence-corrected chi connectivity index (χ2v) is 9.82. The molecule has 0 radical (unpaired) electrons. The van der Waals surface area contributed by atoms with Gasteiger partial charge in [-0.2, -0.15) is 5.10 Å². The minimum Gasteiger partial charge on any atom is -0.508 e. The highest BCUT2D eigenvalue weighted by Crippen LogP contribution is 2.30. The van der Waals surface area contributed by atoms with Gasteiger partial charge in [0.25, 0.3) is 0 Å². The van der Waals surface area contributed by atoms with Crippen molar-refractivity contribution in [3.63, 3.8) is 0 Å². The van der Waals surface area contributed by atoms with Gasteiger partial charge in [-0.1, -0.05) is 36.4 Å². The lowest BCUT2D eigenvalue weighted by molar-refractivity contribution is -0.117. The van der Waals surface area contributed by atoms with E-state index >= 15 is 0 Å². The molecule has 1 amide bonds. The molecule has 0 spiro atoms. The fraction of sp³-hybridized carbons (Fsp3) is 0.238. The van der Waals surface area contributed by atoms with E-state index in [0.717, 1.165) is 11.6 Å². The zero-order chi connectivity index (χ0) is 21.4. The molecule has 152 valence electrons. The topological polar surface area (TPSA) is 101 Å². The highest BCUT2D eigenvalue weighted by molar-refractivity contribution is 7.93. The number of aromatic nitrogens is 2. The largest absolute Gasteiger partial charge is 0.508 e. The lowest BCUT2D eigenvalue weighted by Gasteiger charge is -2.24. The number of sulfone groups is 1. The summed E-state index contributed by atoms with van der Waals surface area (Å²) in [5, 5.41) is 16.9. The molecule has 0 fully saturated rings. The number of amides is 1. The van der Waals surface area contributed by atoms with Crippen LogP contribution in [-0.4, -0.2) is 34.0 Å². The molecular formula is C21H23N3O4S. The van der Waals surface area contributed by atoms with Crippen molar-refractivity contribution >= 4 is 21.6 Å². The summed E-state index contributed by atoms with van der Waals surface area (Å²) in [6.07, 6.45) is 0. The first-order valence-electron chi connectivity index (χ1n) is 8.99. The molecule has 0 aliphatic heterocycles. The number of carbonyl (C=O) groups excluding carboxylic acids is 1. The Labute approximate surface area is 169 Å². The summed E-state index contributed by atoms with van der Waals surface area (Å²) >= 11 is 0. The van der Waals surface area contributed by atoms with Crippen molar-refractivity contribution in [3.05, 3.63) is 60.2 Å². The van der Waals surface area contributed by atoms with Crippen LogP contribution in [0.3, 0.4) is 0 Å². The van der Waals surface area contributed by atoms with E-state index in [-0.39, 0.29) is 10.6 Å². The minimum absolute atomic E-state index is 0.115. The minimum atomic E-state index is -4.06. The van der Waals surface area contributed by atoms with Gasteiger partial charge in [-0.25, -0.2) is 8.42 Å². The molecule has 0 saturated heterocycles. The van der Waals surface area contributed by atoms with Gasteiger partial charge in [-0.05, 0) is 38.5 Å². The monoisotopic (exact) mass is 413 g/mol. The number of phenolic OH excluding ortho intramolecular Hbond substituents is 1. The lowest BCUT2D eigenvalue weighted by atomic mass is 10.1. The summed E-state index contributed by atoms with van der Waals surface area (Å²) in [6, 6.07) is 15.2. The molecule has 1 aromatic heterocycles. The first-order chi connectivity index (χ1) is 13.5. The first kappa shape index (κ1) is 20.6. The molecule has 3 aromatic rings. The Morgan fingerprint density at radius 2 is 1.76 bits per heavy atom. The van der Waals surface area contributed by atoms with Crippen LogP contribution < -0.4 is 5.32 Å². The van der Waals surface area contributed by atoms with Crippen LogP contribution in [0.15, 0.2) is 59.5 Å². The maximum absolute atomic E-state index is 13.1. The van der Waals surface area contributed by atoms with E-state index < -0.39 is 20.5 Å². The Kier molecular flexibility index (Phi) is 5.23. The van der Waals surface area contributed by atoms with Crippen LogP contribution in [0.2, 0.25) is 0 Å². The molecular weight excluding hydrogens is 390 g/mol. The molecule has 0 atom stereocenters. The fourth-order valence-electron chi connectivity index (χ4n) is 2.77. The first-order valence-corrected chi connectivity index (χ1v) is 10.5. The zero-order valence-electron chi connectivity index (χ0n) is 16.7. The number of nitrogens with zero attached hydrogens (tertiary/aromatic N) is 2. The van der Waals surface area contributed by atoms with E-state index in [2.05, 4.69) is 10.4 Å². The average molecular weight is 413 g/mol. The molecule has 2 N–H and O–H groups in total. The Morgan fingerprint density at radius 1 is 1.10 bits per heavy atom. The molecule has 0 bridgehead atoms. The predicted molar refractivity (Wildman–Crippen MR) is 111 cm³/mol. The molecule has 3 rings (SSSR count). The molecule has 29 heavy (non-hydrogen) atoms. The average Bonchev–Trinajstić information content (AvgIpc) is 3.04. The molecule has 8 heteroatoms. The van der Waals surface area contributed by atoms with Gasteiger partial charge >= 0.3 is 0 Å². The third-order valence-electron chi connectivity index (χ3n) is 4.90. The van der Waals surface area contributed by atoms with Crippen molar-refractivity contribution in [3.8, 4) is 17.0 Å². The number of hydrogen-bond acceptors (Lipinski definition) is 5. The second kappa shape index (κ2) is 7.36. The van der Waals surface area contributed by atoms with Crippen LogP contribution in [0.25, 0.3) is 11.3 Å². The number of anilines is 1. The van der Waals surface area contributed by atoms with Crippen molar-refractivity contribution in [1.29, 1.82) is 0 Å². The van der Waals surface area contributed by atoms with E-state index in [4.69, 9.17) is 0 Å². The summed E-state index contributed by atoms with van der Waals surface area (Å²) < 4.78 is 25.8. The van der Waals surface area contributed by atoms with Gasteiger partial charge in [0, 0.05) is 18.7 Å². The third kappa shape index (κ3) is 3.75. The van der Waals surface area contributed by atoms with Gasteiger partial charge in [0.15, 0.2) is 9.84 Å². The van der Waals surface area contributed by atoms with Crippen molar-refractivity contribution in [2.75, 3.05) is 5.32 Å². The van der Waals surface area contributed by atoms with Crippen LogP contribution in [0.5, 0.6) is 5.75 Å². The SMILES string of the molecule is Cc1ccc(S(=O)(=O)C(C)(C)C(=O)Nc2cc(-c3ccccc3)nn2C)cc1O. The van der Waals surface area contributed by atoms with Gasteiger partial charge in [-0.3, -0.25) is 9.48 Å². The number of aromatic hydroxyl groups is 1. The van der Waals surface area contributed by atoms with Crippen LogP contribution in [0.4, 0.5) is 5.82 Å². The van der Waals surface area contributed by atoms with Crippen molar-refractivity contribution in [2.45, 2.75) is 30.4 Å². The second-order valence-electron chi connectivity index (χ2n) is 7.32. The highest BCUT2D eigenvalue weighted by atomic mass is 32.2. The summed E-state index contributed by atoms with van der Waals surface area (Å²) in [5.74, 6) is -0.453. The maximum atomic E-state index is 13.1. The molecule has 0 unspecified atom stereocenters. The van der Waals surface area contributed by atoms with Crippen LogP contribution >= 0.6 is 0 Å². The Bertz CT molecular complexity index is 1170. The maximum Gasteiger partial charge on any atom is 0.246 e. The number of carbonyl (C=O) groups is 1. The van der Waals surface area contributed by atoms with Crippen molar-refractivity contribution in [2.24, 2.45) is 7.05 Å². The summed E-state index contributed by atoms with van der Waals surface area (Å²) in [4.78, 5) is 12.8. The zero-order valence-corrected chi connectivity index (χ0v) is 17.5. The molecule has 2 aromatic carbocycles. The van der Waals surface area contributed by atoms with Crippen LogP contribution in [-0.2, 0) is 21.7 Å². The van der Waals surface area contributed by atoms with Gasteiger partial charge < -0.3 is 10.4 Å². The Balaban J connectivity index is 1.89. The molecule has 0 aliphatic carbocycles. The number of benzene rings is 2. The van der Waals surface area contributed by atoms with E-state index in [0.29, 0.717) is 17.1 Å². The normalized spacial score (nSPS) is 12.0. The third-order valence-corrected chi connectivity index (χ3v) is 7.30. The lowest BCUT2D eigenvalue weighted by Crippen LogP contribution is -2.44. The van der Waals surface area contributed by atoms with Crippen molar-refractivity contribution < 1.29 is 18.3 Å². The van der Waals surface area contributed by atoms with Crippen LogP contribution in [0.1, 0.15) is 19.4 Å². The Hall–Kier alpha value is -3.13. The van der Waals surface area contributed by atoms with E-state index in [1.54, 1.807) is 20.0 Å². The van der Waals surface area contributed by atoms with E-state index in [9.17, 15) is 18.3 Å². The molecule has 7 nitrogen and oxygen atoms in total. The Morgan fingerprint density at radius 3 is 2.38 bits per heavy atom. The predicted octanol–water partition coefficient (Wildman–Crippen LogP) is 3.29. The van der Waals surface area contributed by atoms with Crippen molar-refractivity contribution in [1.82, 2.24) is 9.78 Å². The van der Waals surface area contributed by atoms with Gasteiger partial charge in [0.2, 0.25) is 5.91 Å².